The normalized spacial score (nSPS) is 21.4. The molecule has 0 bridgehead atoms. The average Bonchev–Trinajstić information content (AvgIpc) is 2.06. The highest BCUT2D eigenvalue weighted by Crippen LogP contribution is 2.04. The third-order valence-corrected chi connectivity index (χ3v) is 1.81. The highest BCUT2D eigenvalue weighted by molar-refractivity contribution is 5.72. The van der Waals surface area contributed by atoms with E-state index in [1.807, 2.05) is 26.4 Å². The van der Waals surface area contributed by atoms with Crippen molar-refractivity contribution >= 4 is 6.21 Å². The van der Waals surface area contributed by atoms with Crippen LogP contribution in [0.4, 0.5) is 0 Å². The number of rotatable bonds is 2. The van der Waals surface area contributed by atoms with E-state index in [9.17, 15) is 0 Å². The van der Waals surface area contributed by atoms with Crippen molar-refractivity contribution in [2.75, 3.05) is 20.6 Å². The van der Waals surface area contributed by atoms with Gasteiger partial charge in [0, 0.05) is 6.21 Å². The van der Waals surface area contributed by atoms with E-state index in [2.05, 4.69) is 21.7 Å². The number of hydrogen-bond acceptors (Lipinski definition) is 3. The summed E-state index contributed by atoms with van der Waals surface area (Å²) in [4.78, 5) is 4.14. The molecular weight excluding hydrogens is 126 g/mol. The largest absolute Gasteiger partial charge is 0.298 e. The van der Waals surface area contributed by atoms with E-state index in [1.54, 1.807) is 0 Å². The Morgan fingerprint density at radius 2 is 2.10 bits per heavy atom. The third-order valence-electron chi connectivity index (χ3n) is 1.81. The maximum atomic E-state index is 4.14. The molecule has 1 aliphatic heterocycles. The van der Waals surface area contributed by atoms with Crippen molar-refractivity contribution in [3.05, 3.63) is 12.2 Å². The first-order chi connectivity index (χ1) is 4.83. The maximum absolute atomic E-state index is 4.14. The molecule has 56 valence electrons. The summed E-state index contributed by atoms with van der Waals surface area (Å²) in [5.41, 5.74) is -0.116. The zero-order chi connectivity index (χ0) is 7.45. The van der Waals surface area contributed by atoms with Crippen LogP contribution in [-0.4, -0.2) is 32.5 Å². The van der Waals surface area contributed by atoms with Crippen LogP contribution in [0.15, 0.2) is 17.1 Å². The predicted octanol–water partition coefficient (Wildman–Crippen LogP) is -0.238. The van der Waals surface area contributed by atoms with Crippen molar-refractivity contribution in [3.8, 4) is 0 Å². The SMILES string of the molecule is CNC1(NC)C=CC=NC1. The molecule has 10 heavy (non-hydrogen) atoms. The van der Waals surface area contributed by atoms with E-state index in [1.165, 1.54) is 0 Å². The fraction of sp³-hybridized carbons (Fsp3) is 0.571. The maximum Gasteiger partial charge on any atom is 0.108 e. The van der Waals surface area contributed by atoms with E-state index in [-0.39, 0.29) is 5.66 Å². The Balaban J connectivity index is 2.66. The summed E-state index contributed by atoms with van der Waals surface area (Å²) < 4.78 is 0. The van der Waals surface area contributed by atoms with Gasteiger partial charge in [-0.15, -0.1) is 0 Å². The zero-order valence-electron chi connectivity index (χ0n) is 6.39. The Labute approximate surface area is 61.2 Å². The lowest BCUT2D eigenvalue weighted by atomic mass is 10.1. The van der Waals surface area contributed by atoms with Crippen LogP contribution in [0, 0.1) is 0 Å². The molecule has 0 radical (unpaired) electrons. The summed E-state index contributed by atoms with van der Waals surface area (Å²) in [5.74, 6) is 0. The van der Waals surface area contributed by atoms with Crippen molar-refractivity contribution in [1.29, 1.82) is 0 Å². The van der Waals surface area contributed by atoms with Crippen LogP contribution in [0.25, 0.3) is 0 Å². The molecule has 3 nitrogen and oxygen atoms in total. The van der Waals surface area contributed by atoms with E-state index in [0.29, 0.717) is 0 Å². The highest BCUT2D eigenvalue weighted by Gasteiger charge is 2.22. The minimum absolute atomic E-state index is 0.116. The average molecular weight is 139 g/mol. The summed E-state index contributed by atoms with van der Waals surface area (Å²) in [5, 5.41) is 6.31. The molecule has 1 aliphatic rings. The Kier molecular flexibility index (Phi) is 2.19. The lowest BCUT2D eigenvalue weighted by Crippen LogP contribution is -2.55. The molecule has 0 spiro atoms. The number of aliphatic imine (C=N–C) groups is 1. The van der Waals surface area contributed by atoms with Gasteiger partial charge in [-0.3, -0.25) is 15.6 Å². The van der Waals surface area contributed by atoms with Crippen molar-refractivity contribution in [2.45, 2.75) is 5.66 Å². The summed E-state index contributed by atoms with van der Waals surface area (Å²) in [6.45, 7) is 0.760. The Morgan fingerprint density at radius 3 is 2.40 bits per heavy atom. The molecule has 0 aliphatic carbocycles. The molecule has 0 aromatic carbocycles. The summed E-state index contributed by atoms with van der Waals surface area (Å²) >= 11 is 0. The van der Waals surface area contributed by atoms with Crippen LogP contribution >= 0.6 is 0 Å². The van der Waals surface area contributed by atoms with Crippen LogP contribution in [0.3, 0.4) is 0 Å². The first kappa shape index (κ1) is 7.44. The highest BCUT2D eigenvalue weighted by atomic mass is 15.2. The van der Waals surface area contributed by atoms with Crippen molar-refractivity contribution < 1.29 is 0 Å². The molecular formula is C7H13N3. The molecule has 1 rings (SSSR count). The summed E-state index contributed by atoms with van der Waals surface area (Å²) in [6.07, 6.45) is 5.82. The second kappa shape index (κ2) is 2.94. The van der Waals surface area contributed by atoms with Gasteiger partial charge in [0.05, 0.1) is 6.54 Å². The quantitative estimate of drug-likeness (QED) is 0.518. The van der Waals surface area contributed by atoms with Gasteiger partial charge in [0.2, 0.25) is 0 Å². The Hall–Kier alpha value is -0.670. The van der Waals surface area contributed by atoms with E-state index < -0.39 is 0 Å². The molecule has 3 heteroatoms. The minimum atomic E-state index is -0.116. The number of allylic oxidation sites excluding steroid dienone is 1. The zero-order valence-corrected chi connectivity index (χ0v) is 6.39. The predicted molar refractivity (Wildman–Crippen MR) is 43.3 cm³/mol. The van der Waals surface area contributed by atoms with Crippen molar-refractivity contribution in [3.63, 3.8) is 0 Å². The fourth-order valence-corrected chi connectivity index (χ4v) is 0.967. The van der Waals surface area contributed by atoms with Gasteiger partial charge in [-0.2, -0.15) is 0 Å². The molecule has 0 unspecified atom stereocenters. The third kappa shape index (κ3) is 1.25. The van der Waals surface area contributed by atoms with Gasteiger partial charge in [0.1, 0.15) is 5.66 Å². The summed E-state index contributed by atoms with van der Waals surface area (Å²) in [6, 6.07) is 0. The van der Waals surface area contributed by atoms with Crippen LogP contribution < -0.4 is 10.6 Å². The Bertz CT molecular complexity index is 156. The number of nitrogens with zero attached hydrogens (tertiary/aromatic N) is 1. The van der Waals surface area contributed by atoms with E-state index in [0.717, 1.165) is 6.54 Å². The molecule has 2 N–H and O–H groups in total. The number of nitrogens with one attached hydrogen (secondary N) is 2. The molecule has 0 fully saturated rings. The molecule has 0 amide bonds. The first-order valence-electron chi connectivity index (χ1n) is 3.38. The number of hydrogen-bond donors (Lipinski definition) is 2. The summed E-state index contributed by atoms with van der Waals surface area (Å²) in [7, 11) is 3.84. The van der Waals surface area contributed by atoms with Gasteiger partial charge in [-0.1, -0.05) is 0 Å². The monoisotopic (exact) mass is 139 g/mol. The van der Waals surface area contributed by atoms with Crippen LogP contribution in [0.2, 0.25) is 0 Å². The standard InChI is InChI=1S/C7H13N3/c1-8-7(9-2)4-3-5-10-6-7/h3-5,8-9H,6H2,1-2H3. The van der Waals surface area contributed by atoms with Crippen LogP contribution in [0.1, 0.15) is 0 Å². The fourth-order valence-electron chi connectivity index (χ4n) is 0.967. The first-order valence-corrected chi connectivity index (χ1v) is 3.38. The minimum Gasteiger partial charge on any atom is -0.298 e. The number of likely N-dealkylation sites (N-methyl/N-ethyl adjacent to an activating group) is 2. The number of dihydropyridines is 1. The van der Waals surface area contributed by atoms with Gasteiger partial charge in [-0.05, 0) is 26.2 Å². The van der Waals surface area contributed by atoms with Gasteiger partial charge in [-0.25, -0.2) is 0 Å². The lowest BCUT2D eigenvalue weighted by Gasteiger charge is -2.29. The molecule has 0 aromatic heterocycles. The smallest absolute Gasteiger partial charge is 0.108 e. The second-order valence-corrected chi connectivity index (χ2v) is 2.32. The van der Waals surface area contributed by atoms with E-state index in [4.69, 9.17) is 0 Å². The van der Waals surface area contributed by atoms with Crippen LogP contribution in [0.5, 0.6) is 0 Å². The van der Waals surface area contributed by atoms with Crippen LogP contribution in [-0.2, 0) is 0 Å². The molecule has 0 atom stereocenters. The van der Waals surface area contributed by atoms with Gasteiger partial charge < -0.3 is 0 Å². The van der Waals surface area contributed by atoms with Crippen molar-refractivity contribution in [2.24, 2.45) is 4.99 Å². The molecule has 0 saturated heterocycles. The molecule has 0 aromatic rings. The van der Waals surface area contributed by atoms with Gasteiger partial charge in [0.25, 0.3) is 0 Å². The van der Waals surface area contributed by atoms with Gasteiger partial charge >= 0.3 is 0 Å². The lowest BCUT2D eigenvalue weighted by molar-refractivity contribution is 0.385. The Morgan fingerprint density at radius 1 is 1.40 bits per heavy atom. The van der Waals surface area contributed by atoms with Gasteiger partial charge in [0.15, 0.2) is 0 Å². The second-order valence-electron chi connectivity index (χ2n) is 2.32. The molecule has 0 saturated carbocycles. The molecule has 1 heterocycles. The van der Waals surface area contributed by atoms with Crippen molar-refractivity contribution in [1.82, 2.24) is 10.6 Å². The topological polar surface area (TPSA) is 36.4 Å². The van der Waals surface area contributed by atoms with E-state index >= 15 is 0 Å².